The molecule has 1 aliphatic rings. The number of anilines is 1. The Morgan fingerprint density at radius 2 is 2.20 bits per heavy atom. The van der Waals surface area contributed by atoms with E-state index in [0.29, 0.717) is 24.5 Å². The Balaban J connectivity index is 0.000000705. The monoisotopic (exact) mass is 352 g/mol. The number of rotatable bonds is 5. The van der Waals surface area contributed by atoms with E-state index in [9.17, 15) is 19.8 Å². The van der Waals surface area contributed by atoms with Crippen molar-refractivity contribution in [1.82, 2.24) is 10.6 Å². The first-order chi connectivity index (χ1) is 12.0. The lowest BCUT2D eigenvalue weighted by Crippen LogP contribution is -2.42. The van der Waals surface area contributed by atoms with Gasteiger partial charge in [0.2, 0.25) is 0 Å². The fraction of sp³-hybridized carbons (Fsp3) is 0.438. The molecule has 25 heavy (non-hydrogen) atoms. The summed E-state index contributed by atoms with van der Waals surface area (Å²) >= 11 is 0. The smallest absolute Gasteiger partial charge is 0.251 e. The van der Waals surface area contributed by atoms with Gasteiger partial charge in [0, 0.05) is 37.6 Å². The van der Waals surface area contributed by atoms with Crippen molar-refractivity contribution < 1.29 is 24.5 Å². The zero-order valence-corrected chi connectivity index (χ0v) is 14.3. The minimum absolute atomic E-state index is 0.0901. The predicted octanol–water partition coefficient (Wildman–Crippen LogP) is -0.294. The lowest BCUT2D eigenvalue weighted by atomic mass is 10.1. The molecule has 1 aliphatic heterocycles. The van der Waals surface area contributed by atoms with E-state index in [1.54, 1.807) is 7.11 Å². The van der Waals surface area contributed by atoms with Crippen LogP contribution in [-0.2, 0) is 9.53 Å². The molecule has 5 N–H and O–H groups in total. The van der Waals surface area contributed by atoms with Crippen LogP contribution in [0.4, 0.5) is 5.69 Å². The molecule has 0 saturated carbocycles. The number of methoxy groups -OCH3 is 1. The molecule has 9 heteroatoms. The average molecular weight is 352 g/mol. The lowest BCUT2D eigenvalue weighted by molar-refractivity contribution is -0.107. The maximum Gasteiger partial charge on any atom is 0.251 e. The van der Waals surface area contributed by atoms with E-state index in [4.69, 9.17) is 0 Å². The number of hydrogen-bond acceptors (Lipinski definition) is 8. The Labute approximate surface area is 146 Å². The molecule has 0 bridgehead atoms. The number of aromatic hydroxyl groups is 1. The first-order valence-corrected chi connectivity index (χ1v) is 7.78. The molecule has 0 spiro atoms. The molecule has 1 atom stereocenters. The Bertz CT molecular complexity index is 604. The summed E-state index contributed by atoms with van der Waals surface area (Å²) < 4.78 is 4.54. The van der Waals surface area contributed by atoms with Gasteiger partial charge >= 0.3 is 0 Å². The number of nitrogens with zero attached hydrogens (tertiary/aromatic N) is 1. The van der Waals surface area contributed by atoms with E-state index in [0.717, 1.165) is 6.61 Å². The first-order valence-electron chi connectivity index (χ1n) is 7.78. The molecule has 1 aromatic carbocycles. The Kier molecular flexibility index (Phi) is 8.97. The Morgan fingerprint density at radius 1 is 1.48 bits per heavy atom. The van der Waals surface area contributed by atoms with Crippen LogP contribution in [0.15, 0.2) is 23.2 Å². The highest BCUT2D eigenvalue weighted by Crippen LogP contribution is 2.20. The summed E-state index contributed by atoms with van der Waals surface area (Å²) in [5, 5.41) is 27.1. The first kappa shape index (κ1) is 20.4. The molecule has 0 radical (unpaired) electrons. The summed E-state index contributed by atoms with van der Waals surface area (Å²) in [5.41, 5.74) is 0.685. The van der Waals surface area contributed by atoms with Crippen molar-refractivity contribution in [2.45, 2.75) is 13.0 Å². The molecule has 138 valence electrons. The van der Waals surface area contributed by atoms with Gasteiger partial charge in [-0.2, -0.15) is 0 Å². The van der Waals surface area contributed by atoms with Crippen LogP contribution >= 0.6 is 0 Å². The molecule has 9 nitrogen and oxygen atoms in total. The van der Waals surface area contributed by atoms with Crippen LogP contribution < -0.4 is 16.0 Å². The van der Waals surface area contributed by atoms with Crippen molar-refractivity contribution in [3.63, 3.8) is 0 Å². The van der Waals surface area contributed by atoms with Crippen molar-refractivity contribution in [3.8, 4) is 5.75 Å². The number of carbonyl (C=O) groups excluding carboxylic acids is 2. The van der Waals surface area contributed by atoms with Gasteiger partial charge in [-0.25, -0.2) is 0 Å². The maximum atomic E-state index is 11.8. The molecular weight excluding hydrogens is 328 g/mol. The minimum Gasteiger partial charge on any atom is -0.508 e. The number of phenols is 1. The van der Waals surface area contributed by atoms with Gasteiger partial charge in [0.25, 0.3) is 5.91 Å². The summed E-state index contributed by atoms with van der Waals surface area (Å²) in [7, 11) is 1.68. The molecule has 0 aromatic heterocycles. The predicted molar refractivity (Wildman–Crippen MR) is 94.0 cm³/mol. The van der Waals surface area contributed by atoms with Crippen LogP contribution in [0, 0.1) is 0 Å². The quantitative estimate of drug-likeness (QED) is 0.460. The summed E-state index contributed by atoms with van der Waals surface area (Å²) in [6.07, 6.45) is 0.0515. The molecule has 1 unspecified atom stereocenters. The number of aliphatic hydroxyl groups excluding tert-OH is 1. The zero-order chi connectivity index (χ0) is 18.7. The number of hydrogen-bond donors (Lipinski definition) is 5. The zero-order valence-electron chi connectivity index (χ0n) is 14.3. The highest BCUT2D eigenvalue weighted by molar-refractivity contribution is 5.99. The van der Waals surface area contributed by atoms with Crippen LogP contribution in [0.1, 0.15) is 17.3 Å². The largest absolute Gasteiger partial charge is 0.508 e. The molecule has 0 saturated heterocycles. The second-order valence-electron chi connectivity index (χ2n) is 5.07. The molecular formula is C16H24N4O5. The number of aliphatic hydroxyl groups is 1. The third-order valence-corrected chi connectivity index (χ3v) is 3.04. The van der Waals surface area contributed by atoms with Gasteiger partial charge in [-0.05, 0) is 19.1 Å². The topological polar surface area (TPSA) is 132 Å². The third-order valence-electron chi connectivity index (χ3n) is 3.04. The standard InChI is InChI=1S/C13H16N4O4.C3H8O/c18-2-1-14-12(21)8-3-9(5-10(19)4-8)17-13-15-6-11(20)7-16-13;1-3-4-2/h2-5,11,19-20H,1,6-7H2,(H,14,21)(H2,15,16,17);3H2,1-2H3. The van der Waals surface area contributed by atoms with E-state index in [-0.39, 0.29) is 24.4 Å². The van der Waals surface area contributed by atoms with Crippen molar-refractivity contribution >= 4 is 23.8 Å². The number of benzene rings is 1. The summed E-state index contributed by atoms with van der Waals surface area (Å²) in [6.45, 7) is 3.33. The van der Waals surface area contributed by atoms with E-state index in [2.05, 4.69) is 25.7 Å². The number of amides is 1. The highest BCUT2D eigenvalue weighted by atomic mass is 16.5. The van der Waals surface area contributed by atoms with E-state index in [1.165, 1.54) is 18.2 Å². The normalized spacial score (nSPS) is 15.8. The number of phenolic OH excluding ortho intramolecular Hbond substituents is 1. The van der Waals surface area contributed by atoms with E-state index in [1.807, 2.05) is 6.92 Å². The number of carbonyl (C=O) groups is 2. The van der Waals surface area contributed by atoms with Crippen molar-refractivity contribution in [3.05, 3.63) is 23.8 Å². The van der Waals surface area contributed by atoms with E-state index < -0.39 is 12.0 Å². The second-order valence-corrected chi connectivity index (χ2v) is 5.07. The van der Waals surface area contributed by atoms with Crippen LogP contribution in [0.25, 0.3) is 0 Å². The van der Waals surface area contributed by atoms with Crippen LogP contribution in [-0.4, -0.2) is 67.8 Å². The highest BCUT2D eigenvalue weighted by Gasteiger charge is 2.13. The number of aliphatic imine (C=N–C) groups is 1. The number of aldehydes is 1. The summed E-state index contributed by atoms with van der Waals surface area (Å²) in [5.74, 6) is -0.104. The van der Waals surface area contributed by atoms with Gasteiger partial charge in [0.05, 0.1) is 19.2 Å². The summed E-state index contributed by atoms with van der Waals surface area (Å²) in [6, 6.07) is 4.26. The van der Waals surface area contributed by atoms with Crippen molar-refractivity contribution in [1.29, 1.82) is 0 Å². The van der Waals surface area contributed by atoms with Gasteiger partial charge in [-0.3, -0.25) is 9.79 Å². The molecule has 0 aliphatic carbocycles. The average Bonchev–Trinajstić information content (AvgIpc) is 2.61. The lowest BCUT2D eigenvalue weighted by Gasteiger charge is -2.20. The molecule has 1 aromatic rings. The van der Waals surface area contributed by atoms with Crippen molar-refractivity contribution in [2.75, 3.05) is 38.7 Å². The number of guanidine groups is 1. The van der Waals surface area contributed by atoms with E-state index >= 15 is 0 Å². The van der Waals surface area contributed by atoms with Crippen LogP contribution in [0.5, 0.6) is 5.75 Å². The molecule has 0 fully saturated rings. The Hall–Kier alpha value is -2.65. The maximum absolute atomic E-state index is 11.8. The van der Waals surface area contributed by atoms with Gasteiger partial charge in [-0.15, -0.1) is 0 Å². The van der Waals surface area contributed by atoms with Gasteiger partial charge in [-0.1, -0.05) is 0 Å². The minimum atomic E-state index is -0.524. The van der Waals surface area contributed by atoms with Crippen LogP contribution in [0.2, 0.25) is 0 Å². The number of β-amino-alcohol motifs (C(OH)–C–C–N with tert-alkyl or cyclic N) is 1. The van der Waals surface area contributed by atoms with Crippen LogP contribution in [0.3, 0.4) is 0 Å². The summed E-state index contributed by atoms with van der Waals surface area (Å²) in [4.78, 5) is 26.1. The SMILES string of the molecule is CCOC.O=CCNC(=O)c1cc(O)cc(NC2=NCC(O)CN2)c1. The third kappa shape index (κ3) is 7.64. The van der Waals surface area contributed by atoms with Gasteiger partial charge < -0.3 is 35.7 Å². The van der Waals surface area contributed by atoms with Crippen molar-refractivity contribution in [2.24, 2.45) is 4.99 Å². The van der Waals surface area contributed by atoms with Gasteiger partial charge in [0.1, 0.15) is 12.0 Å². The number of nitrogens with one attached hydrogen (secondary N) is 3. The fourth-order valence-electron chi connectivity index (χ4n) is 1.80. The fourth-order valence-corrected chi connectivity index (χ4v) is 1.80. The van der Waals surface area contributed by atoms with Gasteiger partial charge in [0.15, 0.2) is 5.96 Å². The Morgan fingerprint density at radius 3 is 2.76 bits per heavy atom. The molecule has 2 rings (SSSR count). The molecule has 1 heterocycles. The molecule has 1 amide bonds. The number of ether oxygens (including phenoxy) is 1. The second kappa shape index (κ2) is 11.0.